The van der Waals surface area contributed by atoms with E-state index in [-0.39, 0.29) is 0 Å². The zero-order valence-corrected chi connectivity index (χ0v) is 12.1. The van der Waals surface area contributed by atoms with Crippen LogP contribution in [0.5, 0.6) is 0 Å². The lowest BCUT2D eigenvalue weighted by atomic mass is 10.2. The number of isothiocyanates is 1. The Labute approximate surface area is 121 Å². The number of rotatable bonds is 2. The summed E-state index contributed by atoms with van der Waals surface area (Å²) in [5, 5.41) is 7.03. The van der Waals surface area contributed by atoms with E-state index in [4.69, 9.17) is 9.57 Å². The zero-order chi connectivity index (χ0) is 14.8. The van der Waals surface area contributed by atoms with E-state index < -0.39 is 11.8 Å². The first-order valence-electron chi connectivity index (χ1n) is 5.86. The first kappa shape index (κ1) is 14.2. The van der Waals surface area contributed by atoms with Crippen LogP contribution in [0.3, 0.4) is 0 Å². The molecule has 2 aromatic rings. The Morgan fingerprint density at radius 3 is 2.85 bits per heavy atom. The predicted octanol–water partition coefficient (Wildman–Crippen LogP) is 3.13. The van der Waals surface area contributed by atoms with E-state index in [0.29, 0.717) is 11.2 Å². The molecule has 7 heteroatoms. The second-order valence-corrected chi connectivity index (χ2v) is 5.20. The highest BCUT2D eigenvalue weighted by molar-refractivity contribution is 7.78. The molecule has 1 aromatic heterocycles. The Kier molecular flexibility index (Phi) is 3.83. The van der Waals surface area contributed by atoms with Gasteiger partial charge in [0.1, 0.15) is 11.1 Å². The summed E-state index contributed by atoms with van der Waals surface area (Å²) >= 11 is 4.55. The Morgan fingerprint density at radius 1 is 1.45 bits per heavy atom. The fourth-order valence-corrected chi connectivity index (χ4v) is 1.64. The molecule has 0 aliphatic carbocycles. The number of hydrogen-bond acceptors (Lipinski definition) is 6. The van der Waals surface area contributed by atoms with Crippen molar-refractivity contribution in [2.75, 3.05) is 0 Å². The topological polar surface area (TPSA) is 65.7 Å². The minimum atomic E-state index is -0.816. The van der Waals surface area contributed by atoms with Crippen LogP contribution in [0, 0.1) is 0 Å². The molecule has 0 saturated carbocycles. The molecule has 0 spiro atoms. The maximum absolute atomic E-state index is 11.6. The number of carbonyl (C=O) groups excluding carboxylic acids is 1. The van der Waals surface area contributed by atoms with E-state index in [0.717, 1.165) is 10.2 Å². The summed E-state index contributed by atoms with van der Waals surface area (Å²) in [6, 6.07) is 5.20. The van der Waals surface area contributed by atoms with E-state index >= 15 is 0 Å². The molecule has 0 fully saturated rings. The molecular weight excluding hydrogens is 278 g/mol. The number of fused-ring (bicyclic) bond motifs is 1. The van der Waals surface area contributed by atoms with Crippen molar-refractivity contribution in [1.82, 2.24) is 9.94 Å². The number of carbonyl (C=O) groups is 1. The van der Waals surface area contributed by atoms with Gasteiger partial charge in [0, 0.05) is 5.39 Å². The maximum Gasteiger partial charge on any atom is 0.535 e. The van der Waals surface area contributed by atoms with E-state index in [2.05, 4.69) is 27.5 Å². The number of benzene rings is 1. The van der Waals surface area contributed by atoms with E-state index in [9.17, 15) is 4.79 Å². The number of thiocarbonyl (C=S) groups is 1. The van der Waals surface area contributed by atoms with Crippen molar-refractivity contribution in [1.29, 1.82) is 0 Å². The molecule has 0 N–H and O–H groups in total. The van der Waals surface area contributed by atoms with Gasteiger partial charge in [-0.05, 0) is 51.2 Å². The summed E-state index contributed by atoms with van der Waals surface area (Å²) in [5.41, 5.74) is 0.657. The smallest absolute Gasteiger partial charge is 0.427 e. The molecule has 0 radical (unpaired) electrons. The fraction of sp³-hybridized carbons (Fsp3) is 0.308. The van der Waals surface area contributed by atoms with Crippen molar-refractivity contribution in [2.45, 2.75) is 26.4 Å². The second kappa shape index (κ2) is 5.40. The number of hydrogen-bond donors (Lipinski definition) is 0. The second-order valence-electron chi connectivity index (χ2n) is 5.02. The first-order chi connectivity index (χ1) is 9.39. The fourth-order valence-electron chi connectivity index (χ4n) is 1.53. The largest absolute Gasteiger partial charge is 0.535 e. The van der Waals surface area contributed by atoms with Crippen LogP contribution in [0.2, 0.25) is 0 Å². The molecule has 0 amide bonds. The van der Waals surface area contributed by atoms with Gasteiger partial charge in [-0.2, -0.15) is 4.99 Å². The minimum absolute atomic E-state index is 0.624. The van der Waals surface area contributed by atoms with Crippen LogP contribution in [0.4, 0.5) is 10.5 Å². The quantitative estimate of drug-likeness (QED) is 0.483. The molecule has 1 heterocycles. The third-order valence-corrected chi connectivity index (χ3v) is 2.34. The van der Waals surface area contributed by atoms with Crippen LogP contribution in [0.15, 0.2) is 29.4 Å². The van der Waals surface area contributed by atoms with Gasteiger partial charge in [0.05, 0.1) is 17.0 Å². The lowest BCUT2D eigenvalue weighted by Crippen LogP contribution is -2.30. The monoisotopic (exact) mass is 291 g/mol. The van der Waals surface area contributed by atoms with E-state index in [1.807, 2.05) is 0 Å². The molecule has 0 bridgehead atoms. The average molecular weight is 291 g/mol. The predicted molar refractivity (Wildman–Crippen MR) is 77.2 cm³/mol. The standard InChI is InChI=1S/C13H13N3O3S/c1-13(2,3)18-12(17)19-16-11-5-4-10(14-8-20)6-9(11)7-15-16/h4-7H,1-3H3. The van der Waals surface area contributed by atoms with Gasteiger partial charge in [-0.3, -0.25) is 4.84 Å². The van der Waals surface area contributed by atoms with Gasteiger partial charge in [-0.1, -0.05) is 4.85 Å². The molecule has 104 valence electrons. The highest BCUT2D eigenvalue weighted by Gasteiger charge is 2.19. The van der Waals surface area contributed by atoms with Crippen molar-refractivity contribution in [3.63, 3.8) is 0 Å². The SMILES string of the molecule is CC(C)(C)OC(=O)On1ncc2cc(N=C=S)ccc21. The van der Waals surface area contributed by atoms with Crippen LogP contribution in [0.1, 0.15) is 20.8 Å². The third-order valence-electron chi connectivity index (χ3n) is 2.24. The lowest BCUT2D eigenvalue weighted by Gasteiger charge is -2.18. The van der Waals surface area contributed by atoms with Crippen LogP contribution in [-0.4, -0.2) is 26.9 Å². The molecule has 6 nitrogen and oxygen atoms in total. The Hall–Kier alpha value is -2.24. The van der Waals surface area contributed by atoms with Gasteiger partial charge in [0.2, 0.25) is 0 Å². The maximum atomic E-state index is 11.6. The molecular formula is C13H13N3O3S. The van der Waals surface area contributed by atoms with Crippen LogP contribution in [-0.2, 0) is 4.74 Å². The summed E-state index contributed by atoms with van der Waals surface area (Å²) in [6.45, 7) is 5.27. The molecule has 20 heavy (non-hydrogen) atoms. The average Bonchev–Trinajstić information content (AvgIpc) is 2.70. The van der Waals surface area contributed by atoms with Crippen LogP contribution < -0.4 is 4.84 Å². The third kappa shape index (κ3) is 3.40. The molecule has 2 rings (SSSR count). The Bertz CT molecular complexity index is 696. The van der Waals surface area contributed by atoms with Gasteiger partial charge in [-0.15, -0.1) is 5.10 Å². The van der Waals surface area contributed by atoms with Gasteiger partial charge in [0.25, 0.3) is 0 Å². The molecule has 1 aromatic carbocycles. The molecule has 0 unspecified atom stereocenters. The van der Waals surface area contributed by atoms with E-state index in [1.165, 1.54) is 0 Å². The molecule has 0 atom stereocenters. The first-order valence-corrected chi connectivity index (χ1v) is 6.27. The Morgan fingerprint density at radius 2 is 2.20 bits per heavy atom. The van der Waals surface area contributed by atoms with Crippen molar-refractivity contribution in [2.24, 2.45) is 4.99 Å². The van der Waals surface area contributed by atoms with Crippen molar-refractivity contribution >= 4 is 40.1 Å². The number of nitrogens with zero attached hydrogens (tertiary/aromatic N) is 3. The van der Waals surface area contributed by atoms with Gasteiger partial charge in [0.15, 0.2) is 0 Å². The van der Waals surface area contributed by atoms with Crippen molar-refractivity contribution in [3.05, 3.63) is 24.4 Å². The summed E-state index contributed by atoms with van der Waals surface area (Å²) in [6.07, 6.45) is 0.741. The molecule has 0 aliphatic rings. The van der Waals surface area contributed by atoms with Crippen molar-refractivity contribution < 1.29 is 14.4 Å². The highest BCUT2D eigenvalue weighted by Crippen LogP contribution is 2.20. The normalized spacial score (nSPS) is 10.9. The van der Waals surface area contributed by atoms with Gasteiger partial charge < -0.3 is 4.74 Å². The summed E-state index contributed by atoms with van der Waals surface area (Å²) in [4.78, 5) is 21.6. The van der Waals surface area contributed by atoms with Crippen molar-refractivity contribution in [3.8, 4) is 0 Å². The summed E-state index contributed by atoms with van der Waals surface area (Å²) < 4.78 is 5.06. The highest BCUT2D eigenvalue weighted by atomic mass is 32.1. The number of ether oxygens (including phenoxy) is 1. The number of aliphatic imine (C=N–C) groups is 1. The molecule has 0 saturated heterocycles. The minimum Gasteiger partial charge on any atom is -0.427 e. The van der Waals surface area contributed by atoms with E-state index in [1.54, 1.807) is 45.2 Å². The Balaban J connectivity index is 2.23. The lowest BCUT2D eigenvalue weighted by molar-refractivity contribution is -0.0148. The summed E-state index contributed by atoms with van der Waals surface area (Å²) in [7, 11) is 0. The molecule has 0 aliphatic heterocycles. The van der Waals surface area contributed by atoms with Crippen LogP contribution in [0.25, 0.3) is 10.9 Å². The number of aromatic nitrogens is 2. The van der Waals surface area contributed by atoms with Gasteiger partial charge in [-0.25, -0.2) is 4.79 Å². The summed E-state index contributed by atoms with van der Waals surface area (Å²) in [5.74, 6) is 0. The zero-order valence-electron chi connectivity index (χ0n) is 11.3. The van der Waals surface area contributed by atoms with Crippen LogP contribution >= 0.6 is 12.2 Å². The van der Waals surface area contributed by atoms with Gasteiger partial charge >= 0.3 is 6.16 Å².